The summed E-state index contributed by atoms with van der Waals surface area (Å²) in [5.41, 5.74) is 5.35. The van der Waals surface area contributed by atoms with Gasteiger partial charge in [0.1, 0.15) is 0 Å². The van der Waals surface area contributed by atoms with Crippen LogP contribution in [0.4, 0.5) is 27.6 Å². The summed E-state index contributed by atoms with van der Waals surface area (Å²) in [6.45, 7) is 0. The molecule has 2 N–H and O–H groups in total. The van der Waals surface area contributed by atoms with Gasteiger partial charge < -0.3 is 5.73 Å². The monoisotopic (exact) mass is 317 g/mol. The lowest BCUT2D eigenvalue weighted by Crippen LogP contribution is -2.36. The molecule has 0 amide bonds. The van der Waals surface area contributed by atoms with Crippen LogP contribution < -0.4 is 5.73 Å². The molecule has 0 aliphatic rings. The first-order valence-corrected chi connectivity index (χ1v) is 7.14. The third kappa shape index (κ3) is 3.81. The third-order valence-corrected chi connectivity index (χ3v) is 4.44. The second kappa shape index (κ2) is 5.55. The van der Waals surface area contributed by atoms with Gasteiger partial charge in [0.15, 0.2) is 9.84 Å². The largest absolute Gasteiger partial charge is 0.453 e. The van der Waals surface area contributed by atoms with Gasteiger partial charge in [-0.3, -0.25) is 0 Å². The molecule has 114 valence electrons. The standard InChI is InChI=1S/C11H12F5NO2S/c12-10(13,11(14,15)16)6-3-7-20(18,19)9-5-2-1-4-8(9)17/h1-2,4-5H,3,6-7,17H2. The number of benzene rings is 1. The Bertz CT molecular complexity index is 568. The van der Waals surface area contributed by atoms with Crippen LogP contribution in [0.25, 0.3) is 0 Å². The summed E-state index contributed by atoms with van der Waals surface area (Å²) in [5.74, 6) is -5.72. The molecule has 0 atom stereocenters. The average molecular weight is 317 g/mol. The number of sulfone groups is 1. The van der Waals surface area contributed by atoms with Gasteiger partial charge in [0, 0.05) is 6.42 Å². The number of rotatable bonds is 5. The van der Waals surface area contributed by atoms with Gasteiger partial charge in [0.25, 0.3) is 0 Å². The predicted octanol–water partition coefficient (Wildman–Crippen LogP) is 3.02. The van der Waals surface area contributed by atoms with Crippen molar-refractivity contribution in [1.29, 1.82) is 0 Å². The molecule has 0 heterocycles. The van der Waals surface area contributed by atoms with Crippen LogP contribution in [0.15, 0.2) is 29.2 Å². The summed E-state index contributed by atoms with van der Waals surface area (Å²) >= 11 is 0. The van der Waals surface area contributed by atoms with E-state index in [9.17, 15) is 30.4 Å². The first-order valence-electron chi connectivity index (χ1n) is 5.49. The summed E-state index contributed by atoms with van der Waals surface area (Å²) in [4.78, 5) is -0.268. The quantitative estimate of drug-likeness (QED) is 0.671. The number of nitrogen functional groups attached to an aromatic ring is 1. The van der Waals surface area contributed by atoms with E-state index in [2.05, 4.69) is 0 Å². The minimum atomic E-state index is -5.68. The van der Waals surface area contributed by atoms with Gasteiger partial charge in [-0.25, -0.2) is 8.42 Å². The number of hydrogen-bond donors (Lipinski definition) is 1. The van der Waals surface area contributed by atoms with E-state index in [0.717, 1.165) is 0 Å². The molecule has 0 fully saturated rings. The van der Waals surface area contributed by atoms with E-state index in [1.54, 1.807) is 0 Å². The Morgan fingerprint density at radius 1 is 1.05 bits per heavy atom. The molecule has 0 aliphatic carbocycles. The molecule has 0 saturated heterocycles. The SMILES string of the molecule is Nc1ccccc1S(=O)(=O)CCCC(F)(F)C(F)(F)F. The maximum absolute atomic E-state index is 12.6. The van der Waals surface area contributed by atoms with Crippen molar-refractivity contribution in [3.63, 3.8) is 0 Å². The highest BCUT2D eigenvalue weighted by molar-refractivity contribution is 7.91. The van der Waals surface area contributed by atoms with Crippen LogP contribution in [-0.2, 0) is 9.84 Å². The minimum absolute atomic E-state index is 0.0740. The Kier molecular flexibility index (Phi) is 4.62. The molecule has 0 radical (unpaired) electrons. The molecule has 1 aromatic carbocycles. The summed E-state index contributed by atoms with van der Waals surface area (Å²) in [6, 6.07) is 5.34. The molecular weight excluding hydrogens is 305 g/mol. The summed E-state index contributed by atoms with van der Waals surface area (Å²) in [7, 11) is -3.98. The van der Waals surface area contributed by atoms with Crippen LogP contribution in [0.1, 0.15) is 12.8 Å². The van der Waals surface area contributed by atoms with Gasteiger partial charge in [0.05, 0.1) is 16.3 Å². The van der Waals surface area contributed by atoms with Gasteiger partial charge >= 0.3 is 12.1 Å². The Hall–Kier alpha value is -1.38. The minimum Gasteiger partial charge on any atom is -0.398 e. The van der Waals surface area contributed by atoms with E-state index in [1.165, 1.54) is 24.3 Å². The van der Waals surface area contributed by atoms with Crippen LogP contribution >= 0.6 is 0 Å². The first-order chi connectivity index (χ1) is 8.97. The van der Waals surface area contributed by atoms with E-state index in [1.807, 2.05) is 0 Å². The van der Waals surface area contributed by atoms with Crippen molar-refractivity contribution in [2.75, 3.05) is 11.5 Å². The van der Waals surface area contributed by atoms with Crippen molar-refractivity contribution in [2.24, 2.45) is 0 Å². The number of anilines is 1. The van der Waals surface area contributed by atoms with Gasteiger partial charge in [-0.15, -0.1) is 0 Å². The van der Waals surface area contributed by atoms with Crippen molar-refractivity contribution in [1.82, 2.24) is 0 Å². The Labute approximate surface area is 112 Å². The van der Waals surface area contributed by atoms with Crippen molar-refractivity contribution in [3.8, 4) is 0 Å². The van der Waals surface area contributed by atoms with Crippen LogP contribution in [0.3, 0.4) is 0 Å². The predicted molar refractivity (Wildman–Crippen MR) is 63.1 cm³/mol. The lowest BCUT2D eigenvalue weighted by molar-refractivity contribution is -0.284. The number of para-hydroxylation sites is 1. The number of halogens is 5. The summed E-state index contributed by atoms with van der Waals surface area (Å²) in [5, 5.41) is 0. The molecule has 1 rings (SSSR count). The number of nitrogens with two attached hydrogens (primary N) is 1. The second-order valence-corrected chi connectivity index (χ2v) is 6.24. The lowest BCUT2D eigenvalue weighted by atomic mass is 10.2. The fourth-order valence-electron chi connectivity index (χ4n) is 1.50. The number of alkyl halides is 5. The van der Waals surface area contributed by atoms with Crippen LogP contribution in [0.2, 0.25) is 0 Å². The highest BCUT2D eigenvalue weighted by atomic mass is 32.2. The Balaban J connectivity index is 2.74. The smallest absolute Gasteiger partial charge is 0.398 e. The zero-order valence-corrected chi connectivity index (χ0v) is 10.9. The average Bonchev–Trinajstić information content (AvgIpc) is 2.27. The zero-order valence-electron chi connectivity index (χ0n) is 10.1. The first kappa shape index (κ1) is 16.7. The van der Waals surface area contributed by atoms with Gasteiger partial charge in [-0.05, 0) is 18.6 Å². The second-order valence-electron chi connectivity index (χ2n) is 4.16. The van der Waals surface area contributed by atoms with Crippen molar-refractivity contribution in [2.45, 2.75) is 29.8 Å². The van der Waals surface area contributed by atoms with E-state index < -0.39 is 40.5 Å². The highest BCUT2D eigenvalue weighted by Gasteiger charge is 2.56. The molecule has 0 unspecified atom stereocenters. The van der Waals surface area contributed by atoms with Crippen molar-refractivity contribution >= 4 is 15.5 Å². The maximum atomic E-state index is 12.6. The highest BCUT2D eigenvalue weighted by Crippen LogP contribution is 2.39. The Morgan fingerprint density at radius 3 is 2.10 bits per heavy atom. The number of hydrogen-bond acceptors (Lipinski definition) is 3. The van der Waals surface area contributed by atoms with Crippen LogP contribution in [0, 0.1) is 0 Å². The van der Waals surface area contributed by atoms with Crippen molar-refractivity contribution < 1.29 is 30.4 Å². The molecule has 0 saturated carbocycles. The molecule has 0 aliphatic heterocycles. The third-order valence-electron chi connectivity index (χ3n) is 2.57. The molecule has 1 aromatic rings. The molecule has 20 heavy (non-hydrogen) atoms. The summed E-state index contributed by atoms with van der Waals surface area (Å²) < 4.78 is 84.6. The fourth-order valence-corrected chi connectivity index (χ4v) is 2.96. The maximum Gasteiger partial charge on any atom is 0.453 e. The molecule has 0 bridgehead atoms. The van der Waals surface area contributed by atoms with Crippen LogP contribution in [-0.4, -0.2) is 26.3 Å². The normalized spacial score (nSPS) is 13.4. The van der Waals surface area contributed by atoms with Gasteiger partial charge in [-0.2, -0.15) is 22.0 Å². The van der Waals surface area contributed by atoms with E-state index >= 15 is 0 Å². The molecule has 3 nitrogen and oxygen atoms in total. The van der Waals surface area contributed by atoms with E-state index in [0.29, 0.717) is 0 Å². The van der Waals surface area contributed by atoms with Gasteiger partial charge in [0.2, 0.25) is 0 Å². The van der Waals surface area contributed by atoms with E-state index in [4.69, 9.17) is 5.73 Å². The molecular formula is C11H12F5NO2S. The molecule has 0 spiro atoms. The topological polar surface area (TPSA) is 60.2 Å². The fraction of sp³-hybridized carbons (Fsp3) is 0.455. The van der Waals surface area contributed by atoms with Crippen molar-refractivity contribution in [3.05, 3.63) is 24.3 Å². The zero-order chi connectivity index (χ0) is 15.6. The van der Waals surface area contributed by atoms with Crippen LogP contribution in [0.5, 0.6) is 0 Å². The van der Waals surface area contributed by atoms with E-state index in [-0.39, 0.29) is 10.6 Å². The van der Waals surface area contributed by atoms with Gasteiger partial charge in [-0.1, -0.05) is 12.1 Å². The molecule has 9 heteroatoms. The lowest BCUT2D eigenvalue weighted by Gasteiger charge is -2.19. The Morgan fingerprint density at radius 2 is 1.60 bits per heavy atom. The summed E-state index contributed by atoms with van der Waals surface area (Å²) in [6.07, 6.45) is -8.08. The molecule has 0 aromatic heterocycles.